The van der Waals surface area contributed by atoms with Gasteiger partial charge in [0, 0.05) is 24.8 Å². The average molecular weight is 262 g/mol. The van der Waals surface area contributed by atoms with Crippen molar-refractivity contribution in [3.63, 3.8) is 0 Å². The number of aliphatic hydroxyl groups excluding tert-OH is 1. The molecule has 0 atom stereocenters. The number of carbonyl (C=O) groups excluding carboxylic acids is 1. The van der Waals surface area contributed by atoms with Gasteiger partial charge in [-0.15, -0.1) is 0 Å². The van der Waals surface area contributed by atoms with E-state index in [9.17, 15) is 4.79 Å². The third-order valence-corrected chi connectivity index (χ3v) is 3.36. The highest BCUT2D eigenvalue weighted by Crippen LogP contribution is 2.29. The van der Waals surface area contributed by atoms with Crippen molar-refractivity contribution in [2.45, 2.75) is 32.7 Å². The summed E-state index contributed by atoms with van der Waals surface area (Å²) in [7, 11) is 0. The van der Waals surface area contributed by atoms with Gasteiger partial charge in [0.25, 0.3) is 5.91 Å². The Morgan fingerprint density at radius 1 is 1.47 bits per heavy atom. The molecule has 2 N–H and O–H groups in total. The van der Waals surface area contributed by atoms with Crippen LogP contribution in [0.3, 0.4) is 0 Å². The number of benzene rings is 1. The van der Waals surface area contributed by atoms with Crippen LogP contribution in [0.1, 0.15) is 35.7 Å². The summed E-state index contributed by atoms with van der Waals surface area (Å²) in [6, 6.07) is 6.19. The van der Waals surface area contributed by atoms with Gasteiger partial charge < -0.3 is 15.3 Å². The summed E-state index contributed by atoms with van der Waals surface area (Å²) in [5, 5.41) is 12.4. The van der Waals surface area contributed by atoms with Gasteiger partial charge in [-0.2, -0.15) is 0 Å². The molecular formula is C15H22N2O2. The molecule has 0 unspecified atom stereocenters. The Morgan fingerprint density at radius 3 is 2.79 bits per heavy atom. The molecule has 0 aliphatic heterocycles. The molecule has 1 amide bonds. The number of carbonyl (C=O) groups is 1. The fourth-order valence-corrected chi connectivity index (χ4v) is 2.28. The third kappa shape index (κ3) is 3.26. The third-order valence-electron chi connectivity index (χ3n) is 3.36. The molecule has 1 fully saturated rings. The molecule has 1 saturated carbocycles. The van der Waals surface area contributed by atoms with Crippen molar-refractivity contribution in [1.82, 2.24) is 4.90 Å². The van der Waals surface area contributed by atoms with Crippen LogP contribution in [-0.4, -0.2) is 41.7 Å². The molecule has 0 bridgehead atoms. The van der Waals surface area contributed by atoms with E-state index in [1.807, 2.05) is 32.0 Å². The second kappa shape index (κ2) is 6.06. The number of nitrogens with one attached hydrogen (secondary N) is 1. The normalized spacial score (nSPS) is 14.3. The van der Waals surface area contributed by atoms with E-state index in [2.05, 4.69) is 5.32 Å². The minimum atomic E-state index is 0.0184. The Labute approximate surface area is 114 Å². The van der Waals surface area contributed by atoms with E-state index in [0.717, 1.165) is 30.6 Å². The molecule has 0 aromatic heterocycles. The highest BCUT2D eigenvalue weighted by molar-refractivity contribution is 6.00. The summed E-state index contributed by atoms with van der Waals surface area (Å²) >= 11 is 0. The zero-order valence-corrected chi connectivity index (χ0v) is 11.6. The lowest BCUT2D eigenvalue weighted by Crippen LogP contribution is -2.36. The summed E-state index contributed by atoms with van der Waals surface area (Å²) in [6.07, 6.45) is 2.10. The largest absolute Gasteiger partial charge is 0.395 e. The van der Waals surface area contributed by atoms with Crippen LogP contribution in [0.15, 0.2) is 18.2 Å². The Hall–Kier alpha value is -1.55. The zero-order chi connectivity index (χ0) is 13.8. The number of rotatable bonds is 6. The van der Waals surface area contributed by atoms with E-state index in [4.69, 9.17) is 5.11 Å². The van der Waals surface area contributed by atoms with Gasteiger partial charge in [-0.1, -0.05) is 11.6 Å². The summed E-state index contributed by atoms with van der Waals surface area (Å²) in [4.78, 5) is 14.4. The molecule has 0 heterocycles. The second-order valence-corrected chi connectivity index (χ2v) is 5.03. The molecule has 19 heavy (non-hydrogen) atoms. The molecule has 1 aliphatic carbocycles. The van der Waals surface area contributed by atoms with Crippen molar-refractivity contribution in [2.24, 2.45) is 0 Å². The maximum absolute atomic E-state index is 12.6. The van der Waals surface area contributed by atoms with Gasteiger partial charge in [0.05, 0.1) is 12.2 Å². The smallest absolute Gasteiger partial charge is 0.256 e. The SMILES string of the molecule is CCNc1ccc(C)cc1C(=O)N(CCO)C1CC1. The van der Waals surface area contributed by atoms with E-state index in [1.165, 1.54) is 0 Å². The van der Waals surface area contributed by atoms with Gasteiger partial charge in [0.15, 0.2) is 0 Å². The summed E-state index contributed by atoms with van der Waals surface area (Å²) < 4.78 is 0. The van der Waals surface area contributed by atoms with Gasteiger partial charge in [-0.25, -0.2) is 0 Å². The fourth-order valence-electron chi connectivity index (χ4n) is 2.28. The van der Waals surface area contributed by atoms with Crippen LogP contribution in [-0.2, 0) is 0 Å². The van der Waals surface area contributed by atoms with Crippen molar-refractivity contribution in [2.75, 3.05) is 25.0 Å². The van der Waals surface area contributed by atoms with Gasteiger partial charge >= 0.3 is 0 Å². The van der Waals surface area contributed by atoms with E-state index in [0.29, 0.717) is 18.2 Å². The maximum Gasteiger partial charge on any atom is 0.256 e. The fraction of sp³-hybridized carbons (Fsp3) is 0.533. The van der Waals surface area contributed by atoms with Crippen molar-refractivity contribution in [3.05, 3.63) is 29.3 Å². The molecule has 1 aromatic carbocycles. The van der Waals surface area contributed by atoms with Crippen LogP contribution in [0.25, 0.3) is 0 Å². The predicted molar refractivity (Wildman–Crippen MR) is 76.5 cm³/mol. The number of hydrogen-bond donors (Lipinski definition) is 2. The Kier molecular flexibility index (Phi) is 4.43. The molecule has 1 aliphatic rings. The second-order valence-electron chi connectivity index (χ2n) is 5.03. The first kappa shape index (κ1) is 13.9. The molecule has 1 aromatic rings. The van der Waals surface area contributed by atoms with Gasteiger partial charge in [0.2, 0.25) is 0 Å². The number of aryl methyl sites for hydroxylation is 1. The van der Waals surface area contributed by atoms with Crippen molar-refractivity contribution in [1.29, 1.82) is 0 Å². The highest BCUT2D eigenvalue weighted by Gasteiger charge is 2.33. The van der Waals surface area contributed by atoms with Crippen molar-refractivity contribution < 1.29 is 9.90 Å². The minimum Gasteiger partial charge on any atom is -0.395 e. The van der Waals surface area contributed by atoms with Crippen LogP contribution in [0.2, 0.25) is 0 Å². The molecule has 4 nitrogen and oxygen atoms in total. The number of anilines is 1. The Balaban J connectivity index is 2.27. The predicted octanol–water partition coefficient (Wildman–Crippen LogP) is 2.02. The average Bonchev–Trinajstić information content (AvgIpc) is 3.22. The quantitative estimate of drug-likeness (QED) is 0.824. The molecule has 0 saturated heterocycles. The number of aliphatic hydroxyl groups is 1. The molecule has 104 valence electrons. The van der Waals surface area contributed by atoms with E-state index >= 15 is 0 Å². The van der Waals surface area contributed by atoms with Gasteiger partial charge in [-0.05, 0) is 38.8 Å². The molecule has 2 rings (SSSR count). The number of nitrogens with zero attached hydrogens (tertiary/aromatic N) is 1. The van der Waals surface area contributed by atoms with Gasteiger partial charge in [0.1, 0.15) is 0 Å². The molecule has 0 spiro atoms. The van der Waals surface area contributed by atoms with E-state index in [-0.39, 0.29) is 12.5 Å². The summed E-state index contributed by atoms with van der Waals surface area (Å²) in [6.45, 7) is 5.22. The first-order valence-electron chi connectivity index (χ1n) is 6.93. The number of hydrogen-bond acceptors (Lipinski definition) is 3. The van der Waals surface area contributed by atoms with Crippen LogP contribution in [0.5, 0.6) is 0 Å². The minimum absolute atomic E-state index is 0.0184. The summed E-state index contributed by atoms with van der Waals surface area (Å²) in [5.74, 6) is 0.0243. The first-order valence-corrected chi connectivity index (χ1v) is 6.93. The summed E-state index contributed by atoms with van der Waals surface area (Å²) in [5.41, 5.74) is 2.66. The van der Waals surface area contributed by atoms with Crippen LogP contribution >= 0.6 is 0 Å². The van der Waals surface area contributed by atoms with Crippen molar-refractivity contribution in [3.8, 4) is 0 Å². The molecule has 0 radical (unpaired) electrons. The lowest BCUT2D eigenvalue weighted by Gasteiger charge is -2.23. The monoisotopic (exact) mass is 262 g/mol. The Bertz CT molecular complexity index is 455. The lowest BCUT2D eigenvalue weighted by atomic mass is 10.1. The molecule has 4 heteroatoms. The maximum atomic E-state index is 12.6. The molecular weight excluding hydrogens is 240 g/mol. The topological polar surface area (TPSA) is 52.6 Å². The first-order chi connectivity index (χ1) is 9.17. The highest BCUT2D eigenvalue weighted by atomic mass is 16.3. The zero-order valence-electron chi connectivity index (χ0n) is 11.6. The Morgan fingerprint density at radius 2 is 2.21 bits per heavy atom. The van der Waals surface area contributed by atoms with Crippen LogP contribution < -0.4 is 5.32 Å². The number of amides is 1. The van der Waals surface area contributed by atoms with E-state index in [1.54, 1.807) is 4.90 Å². The van der Waals surface area contributed by atoms with E-state index < -0.39 is 0 Å². The van der Waals surface area contributed by atoms with Crippen molar-refractivity contribution >= 4 is 11.6 Å². The standard InChI is InChI=1S/C15H22N2O2/c1-3-16-14-7-4-11(2)10-13(14)15(19)17(8-9-18)12-5-6-12/h4,7,10,12,16,18H,3,5-6,8-9H2,1-2H3. The van der Waals surface area contributed by atoms with Crippen LogP contribution in [0, 0.1) is 6.92 Å². The van der Waals surface area contributed by atoms with Crippen LogP contribution in [0.4, 0.5) is 5.69 Å². The van der Waals surface area contributed by atoms with Gasteiger partial charge in [-0.3, -0.25) is 4.79 Å². The lowest BCUT2D eigenvalue weighted by molar-refractivity contribution is 0.0708.